The molecule has 136 valence electrons. The van der Waals surface area contributed by atoms with Crippen molar-refractivity contribution in [2.45, 2.75) is 20.5 Å². The lowest BCUT2D eigenvalue weighted by Gasteiger charge is -2.26. The first kappa shape index (κ1) is 17.5. The Labute approximate surface area is 162 Å². The van der Waals surface area contributed by atoms with Crippen LogP contribution in [-0.4, -0.2) is 11.2 Å². The number of allylic oxidation sites excluding steroid dienone is 1. The van der Waals surface area contributed by atoms with Gasteiger partial charge >= 0.3 is 0 Å². The van der Waals surface area contributed by atoms with Crippen LogP contribution in [0.25, 0.3) is 12.2 Å². The van der Waals surface area contributed by atoms with Crippen molar-refractivity contribution in [1.82, 2.24) is 4.57 Å². The van der Waals surface area contributed by atoms with Crippen molar-refractivity contribution < 1.29 is 0 Å². The van der Waals surface area contributed by atoms with Gasteiger partial charge in [0.25, 0.3) is 5.56 Å². The topological polar surface area (TPSA) is 37.6 Å². The van der Waals surface area contributed by atoms with E-state index in [0.717, 1.165) is 16.1 Å². The summed E-state index contributed by atoms with van der Waals surface area (Å²) >= 11 is 1.45. The maximum atomic E-state index is 12.8. The van der Waals surface area contributed by atoms with E-state index in [0.29, 0.717) is 17.9 Å². The van der Waals surface area contributed by atoms with Gasteiger partial charge in [0.1, 0.15) is 13.3 Å². The van der Waals surface area contributed by atoms with E-state index in [2.05, 4.69) is 41.9 Å². The van der Waals surface area contributed by atoms with Gasteiger partial charge in [-0.15, -0.1) is 0 Å². The van der Waals surface area contributed by atoms with Crippen LogP contribution in [0.2, 0.25) is 0 Å². The Morgan fingerprint density at radius 1 is 1.07 bits per heavy atom. The maximum absolute atomic E-state index is 12.8. The zero-order valence-corrected chi connectivity index (χ0v) is 16.2. The molecular formula is C22H21N3OS. The van der Waals surface area contributed by atoms with Gasteiger partial charge in [0.15, 0.2) is 4.80 Å². The van der Waals surface area contributed by atoms with E-state index in [1.165, 1.54) is 22.5 Å². The third-order valence-corrected chi connectivity index (χ3v) is 5.55. The van der Waals surface area contributed by atoms with Crippen molar-refractivity contribution >= 4 is 29.2 Å². The molecule has 1 aliphatic rings. The largest absolute Gasteiger partial charge is 0.334 e. The quantitative estimate of drug-likeness (QED) is 0.706. The van der Waals surface area contributed by atoms with E-state index in [4.69, 9.17) is 0 Å². The van der Waals surface area contributed by atoms with Crippen molar-refractivity contribution in [1.29, 1.82) is 0 Å². The van der Waals surface area contributed by atoms with Crippen LogP contribution >= 0.6 is 11.3 Å². The van der Waals surface area contributed by atoms with E-state index in [9.17, 15) is 4.79 Å². The lowest BCUT2D eigenvalue weighted by atomic mass is 10.1. The number of hydrogen-bond donors (Lipinski definition) is 0. The van der Waals surface area contributed by atoms with E-state index in [1.807, 2.05) is 48.6 Å². The summed E-state index contributed by atoms with van der Waals surface area (Å²) in [7, 11) is 0. The third kappa shape index (κ3) is 3.78. The minimum atomic E-state index is 0.0190. The van der Waals surface area contributed by atoms with Gasteiger partial charge in [-0.25, -0.2) is 4.99 Å². The first-order chi connectivity index (χ1) is 13.1. The Bertz CT molecular complexity index is 1150. The summed E-state index contributed by atoms with van der Waals surface area (Å²) in [5.41, 5.74) is 4.67. The van der Waals surface area contributed by atoms with Gasteiger partial charge in [-0.2, -0.15) is 0 Å². The molecule has 0 radical (unpaired) electrons. The monoisotopic (exact) mass is 375 g/mol. The van der Waals surface area contributed by atoms with Crippen LogP contribution in [0, 0.1) is 13.8 Å². The Morgan fingerprint density at radius 3 is 2.56 bits per heavy atom. The summed E-state index contributed by atoms with van der Waals surface area (Å²) in [6.07, 6.45) is 5.81. The van der Waals surface area contributed by atoms with Gasteiger partial charge < -0.3 is 4.90 Å². The van der Waals surface area contributed by atoms with Crippen molar-refractivity contribution in [3.63, 3.8) is 0 Å². The first-order valence-corrected chi connectivity index (χ1v) is 9.72. The summed E-state index contributed by atoms with van der Waals surface area (Å²) in [5.74, 6) is 0. The number of anilines is 1. The molecule has 27 heavy (non-hydrogen) atoms. The van der Waals surface area contributed by atoms with Crippen LogP contribution in [0.3, 0.4) is 0 Å². The lowest BCUT2D eigenvalue weighted by Crippen LogP contribution is -2.42. The highest BCUT2D eigenvalue weighted by atomic mass is 32.1. The molecule has 3 aromatic rings. The van der Waals surface area contributed by atoms with Crippen LogP contribution in [0.1, 0.15) is 16.7 Å². The highest BCUT2D eigenvalue weighted by molar-refractivity contribution is 7.07. The summed E-state index contributed by atoms with van der Waals surface area (Å²) in [4.78, 5) is 20.3. The van der Waals surface area contributed by atoms with E-state index in [-0.39, 0.29) is 5.56 Å². The molecule has 0 N–H and O–H groups in total. The molecule has 1 aromatic heterocycles. The minimum absolute atomic E-state index is 0.0190. The summed E-state index contributed by atoms with van der Waals surface area (Å²) < 4.78 is 2.47. The van der Waals surface area contributed by atoms with Gasteiger partial charge in [-0.1, -0.05) is 59.9 Å². The fraction of sp³-hybridized carbons (Fsp3) is 0.182. The van der Waals surface area contributed by atoms with Gasteiger partial charge in [-0.05, 0) is 48.7 Å². The molecule has 4 nitrogen and oxygen atoms in total. The number of rotatable bonds is 3. The number of fused-ring (bicyclic) bond motifs is 1. The lowest BCUT2D eigenvalue weighted by molar-refractivity contribution is 0.569. The number of thiazole rings is 1. The Kier molecular flexibility index (Phi) is 4.77. The number of aromatic nitrogens is 1. The van der Waals surface area contributed by atoms with Crippen LogP contribution in [0.5, 0.6) is 0 Å². The summed E-state index contributed by atoms with van der Waals surface area (Å²) in [6.45, 7) is 5.28. The molecule has 0 aliphatic carbocycles. The van der Waals surface area contributed by atoms with E-state index < -0.39 is 0 Å². The van der Waals surface area contributed by atoms with Crippen LogP contribution < -0.4 is 19.8 Å². The van der Waals surface area contributed by atoms with Crippen LogP contribution in [0.15, 0.2) is 64.4 Å². The molecule has 4 rings (SSSR count). The second-order valence-electron chi connectivity index (χ2n) is 6.75. The zero-order valence-electron chi connectivity index (χ0n) is 15.4. The number of aryl methyl sites for hydroxylation is 2. The Morgan fingerprint density at radius 2 is 1.81 bits per heavy atom. The molecule has 0 bridgehead atoms. The second kappa shape index (κ2) is 7.37. The van der Waals surface area contributed by atoms with Crippen LogP contribution in [-0.2, 0) is 6.67 Å². The summed E-state index contributed by atoms with van der Waals surface area (Å²) in [5, 5.41) is 0. The predicted molar refractivity (Wildman–Crippen MR) is 113 cm³/mol. The van der Waals surface area contributed by atoms with Gasteiger partial charge in [0.2, 0.25) is 0 Å². The third-order valence-electron chi connectivity index (χ3n) is 4.48. The maximum Gasteiger partial charge on any atom is 0.271 e. The fourth-order valence-electron chi connectivity index (χ4n) is 3.23. The molecule has 0 fully saturated rings. The number of hydrogen-bond acceptors (Lipinski definition) is 4. The molecule has 1 aliphatic heterocycles. The summed E-state index contributed by atoms with van der Waals surface area (Å²) in [6, 6.07) is 16.5. The van der Waals surface area contributed by atoms with Crippen LogP contribution in [0.4, 0.5) is 5.69 Å². The smallest absolute Gasteiger partial charge is 0.271 e. The zero-order chi connectivity index (χ0) is 18.8. The standard InChI is InChI=1S/C22H21N3OS/c1-16-11-17(2)13-19(12-16)24-14-23-22-25(15-24)21(26)20(27-22)10-6-9-18-7-4-3-5-8-18/h3-13H,14-15H2,1-2H3/b9-6+,20-10?. The molecule has 2 aromatic carbocycles. The van der Waals surface area contributed by atoms with Gasteiger partial charge in [0, 0.05) is 5.69 Å². The Balaban J connectivity index is 1.63. The molecule has 0 atom stereocenters. The van der Waals surface area contributed by atoms with Crippen molar-refractivity contribution in [2.24, 2.45) is 4.99 Å². The number of nitrogens with zero attached hydrogens (tertiary/aromatic N) is 3. The molecule has 0 saturated heterocycles. The molecule has 0 amide bonds. The molecule has 2 heterocycles. The molecular weight excluding hydrogens is 354 g/mol. The Hall–Kier alpha value is -2.92. The predicted octanol–water partition coefficient (Wildman–Crippen LogP) is 3.08. The highest BCUT2D eigenvalue weighted by Crippen LogP contribution is 2.19. The second-order valence-corrected chi connectivity index (χ2v) is 7.75. The van der Waals surface area contributed by atoms with Gasteiger partial charge in [-0.3, -0.25) is 9.36 Å². The number of benzene rings is 2. The molecule has 0 saturated carbocycles. The van der Waals surface area contributed by atoms with Crippen molar-refractivity contribution in [3.8, 4) is 0 Å². The SMILES string of the molecule is Cc1cc(C)cc(N2CN=c3sc(=C/C=C/c4ccccc4)c(=O)n3C2)c1. The highest BCUT2D eigenvalue weighted by Gasteiger charge is 2.16. The molecule has 5 heteroatoms. The fourth-order valence-corrected chi connectivity index (χ4v) is 4.15. The van der Waals surface area contributed by atoms with E-state index >= 15 is 0 Å². The van der Waals surface area contributed by atoms with Crippen molar-refractivity contribution in [3.05, 3.63) is 91.0 Å². The minimum Gasteiger partial charge on any atom is -0.334 e. The van der Waals surface area contributed by atoms with E-state index in [1.54, 1.807) is 4.57 Å². The average Bonchev–Trinajstić information content (AvgIpc) is 2.97. The van der Waals surface area contributed by atoms with Gasteiger partial charge in [0.05, 0.1) is 4.53 Å². The molecule has 0 unspecified atom stereocenters. The molecule has 0 spiro atoms. The average molecular weight is 375 g/mol. The normalized spacial score (nSPS) is 14.4. The first-order valence-electron chi connectivity index (χ1n) is 8.91. The van der Waals surface area contributed by atoms with Crippen molar-refractivity contribution in [2.75, 3.05) is 11.6 Å².